The first kappa shape index (κ1) is 20.7. The number of fused-ring (bicyclic) bond motifs is 3. The molecule has 0 saturated heterocycles. The van der Waals surface area contributed by atoms with Crippen LogP contribution in [0.1, 0.15) is 25.0 Å². The lowest BCUT2D eigenvalue weighted by Crippen LogP contribution is -2.29. The molecule has 4 heteroatoms. The zero-order valence-corrected chi connectivity index (χ0v) is 19.8. The van der Waals surface area contributed by atoms with Crippen LogP contribution in [0.25, 0.3) is 10.8 Å². The van der Waals surface area contributed by atoms with Crippen LogP contribution in [0.2, 0.25) is 0 Å². The van der Waals surface area contributed by atoms with E-state index in [1.807, 2.05) is 18.3 Å². The number of para-hydroxylation sites is 2. The highest BCUT2D eigenvalue weighted by Gasteiger charge is 2.43. The van der Waals surface area contributed by atoms with Crippen molar-refractivity contribution < 1.29 is 9.68 Å². The molecule has 0 fully saturated rings. The number of hydrogen-bond donors (Lipinski definition) is 1. The highest BCUT2D eigenvalue weighted by atomic mass is 16.3. The van der Waals surface area contributed by atoms with Gasteiger partial charge in [-0.05, 0) is 31.9 Å². The fourth-order valence-corrected chi connectivity index (χ4v) is 5.63. The van der Waals surface area contributed by atoms with E-state index in [9.17, 15) is 5.11 Å². The summed E-state index contributed by atoms with van der Waals surface area (Å²) < 4.78 is 2.20. The molecule has 2 heterocycles. The molecular weight excluding hydrogens is 418 g/mol. The van der Waals surface area contributed by atoms with Gasteiger partial charge in [-0.15, -0.1) is 0 Å². The van der Waals surface area contributed by atoms with E-state index in [-0.39, 0.29) is 11.2 Å². The third-order valence-corrected chi connectivity index (χ3v) is 7.41. The lowest BCUT2D eigenvalue weighted by Gasteiger charge is -2.23. The first-order valence-electron chi connectivity index (χ1n) is 11.8. The van der Waals surface area contributed by atoms with Gasteiger partial charge in [0.1, 0.15) is 18.5 Å². The summed E-state index contributed by atoms with van der Waals surface area (Å²) in [6.07, 6.45) is 2.93. The molecule has 0 saturated carbocycles. The second-order valence-corrected chi connectivity index (χ2v) is 9.68. The average Bonchev–Trinajstić information content (AvgIpc) is 3.36. The number of hydrogen-bond acceptors (Lipinski definition) is 3. The topological polar surface area (TPSA) is 38.8 Å². The molecule has 0 radical (unpaired) electrons. The molecule has 4 aromatic carbocycles. The van der Waals surface area contributed by atoms with Gasteiger partial charge in [-0.1, -0.05) is 60.7 Å². The Labute approximate surface area is 200 Å². The molecule has 0 bridgehead atoms. The molecule has 0 aliphatic carbocycles. The largest absolute Gasteiger partial charge is 0.506 e. The van der Waals surface area contributed by atoms with Gasteiger partial charge < -0.3 is 10.0 Å². The van der Waals surface area contributed by atoms with Crippen LogP contribution in [0, 0.1) is 0 Å². The Bertz CT molecular complexity index is 1510. The summed E-state index contributed by atoms with van der Waals surface area (Å²) in [4.78, 5) is 7.19. The Hall–Kier alpha value is -3.92. The van der Waals surface area contributed by atoms with Crippen LogP contribution in [-0.4, -0.2) is 35.2 Å². The van der Waals surface area contributed by atoms with E-state index in [1.54, 1.807) is 0 Å². The van der Waals surface area contributed by atoms with Gasteiger partial charge in [0.15, 0.2) is 0 Å². The highest BCUT2D eigenvalue weighted by molar-refractivity contribution is 6.34. The normalized spacial score (nSPS) is 16.5. The van der Waals surface area contributed by atoms with Gasteiger partial charge in [0.05, 0.1) is 17.3 Å². The molecule has 34 heavy (non-hydrogen) atoms. The van der Waals surface area contributed by atoms with E-state index >= 15 is 0 Å². The molecule has 0 atom stereocenters. The van der Waals surface area contributed by atoms with Crippen LogP contribution >= 0.6 is 0 Å². The molecule has 168 valence electrons. The van der Waals surface area contributed by atoms with Crippen LogP contribution in [0.3, 0.4) is 0 Å². The number of nitrogens with zero attached hydrogens (tertiary/aromatic N) is 3. The second-order valence-electron chi connectivity index (χ2n) is 9.68. The number of phenols is 1. The molecule has 0 amide bonds. The number of phenolic OH excluding ortho intramolecular Hbond substituents is 1. The first-order valence-corrected chi connectivity index (χ1v) is 11.8. The van der Waals surface area contributed by atoms with E-state index in [2.05, 4.69) is 97.1 Å². The van der Waals surface area contributed by atoms with Crippen molar-refractivity contribution in [3.8, 4) is 5.75 Å². The molecule has 1 N–H and O–H groups in total. The maximum absolute atomic E-state index is 11.2. The standard InChI is InChI=1S/C30H27N3O/c1-30(2)23-13-7-9-15-25(23)32(3)28(30)19-31-29-22-12-6-5-11-21(22)26(18-27(29)34)33-17-16-20-10-4-8-14-24(20)33/h4-15,18-19H,16-17H2,1-3H3/p+1. The van der Waals surface area contributed by atoms with Gasteiger partial charge >= 0.3 is 0 Å². The zero-order valence-electron chi connectivity index (χ0n) is 19.8. The zero-order chi connectivity index (χ0) is 23.4. The van der Waals surface area contributed by atoms with E-state index < -0.39 is 0 Å². The predicted octanol–water partition coefficient (Wildman–Crippen LogP) is 6.65. The van der Waals surface area contributed by atoms with Crippen molar-refractivity contribution in [1.82, 2.24) is 0 Å². The molecule has 0 aromatic heterocycles. The minimum atomic E-state index is -0.167. The third-order valence-electron chi connectivity index (χ3n) is 7.41. The van der Waals surface area contributed by atoms with Crippen LogP contribution in [0.4, 0.5) is 22.7 Å². The van der Waals surface area contributed by atoms with Gasteiger partial charge in [-0.2, -0.15) is 4.58 Å². The third kappa shape index (κ3) is 2.98. The van der Waals surface area contributed by atoms with Crippen molar-refractivity contribution in [3.63, 3.8) is 0 Å². The lowest BCUT2D eigenvalue weighted by molar-refractivity contribution is -0.400. The maximum Gasteiger partial charge on any atom is 0.210 e. The molecule has 4 nitrogen and oxygen atoms in total. The fraction of sp³-hybridized carbons (Fsp3) is 0.200. The van der Waals surface area contributed by atoms with Gasteiger partial charge in [0, 0.05) is 40.7 Å². The number of anilines is 2. The van der Waals surface area contributed by atoms with E-state index in [1.165, 1.54) is 22.5 Å². The monoisotopic (exact) mass is 446 g/mol. The van der Waals surface area contributed by atoms with Gasteiger partial charge in [0.2, 0.25) is 11.4 Å². The van der Waals surface area contributed by atoms with E-state index in [0.29, 0.717) is 5.69 Å². The van der Waals surface area contributed by atoms with Crippen molar-refractivity contribution in [2.24, 2.45) is 4.99 Å². The number of aliphatic imine (C=N–C) groups is 1. The molecule has 6 rings (SSSR count). The smallest absolute Gasteiger partial charge is 0.210 e. The van der Waals surface area contributed by atoms with Crippen LogP contribution in [0.15, 0.2) is 83.9 Å². The van der Waals surface area contributed by atoms with Gasteiger partial charge in [-0.3, -0.25) is 0 Å². The van der Waals surface area contributed by atoms with Crippen LogP contribution in [-0.2, 0) is 11.8 Å². The molecular formula is C30H28N3O+. The second kappa shape index (κ2) is 7.56. The summed E-state index contributed by atoms with van der Waals surface area (Å²) in [6.45, 7) is 5.35. The average molecular weight is 447 g/mol. The number of rotatable bonds is 3. The van der Waals surface area contributed by atoms with Crippen molar-refractivity contribution in [2.45, 2.75) is 25.7 Å². The van der Waals surface area contributed by atoms with Gasteiger partial charge in [-0.25, -0.2) is 4.99 Å². The van der Waals surface area contributed by atoms with Gasteiger partial charge in [0.25, 0.3) is 0 Å². The Morgan fingerprint density at radius 3 is 2.44 bits per heavy atom. The molecule has 0 unspecified atom stereocenters. The van der Waals surface area contributed by atoms with E-state index in [0.717, 1.165) is 35.1 Å². The highest BCUT2D eigenvalue weighted by Crippen LogP contribution is 2.45. The Morgan fingerprint density at radius 1 is 0.912 bits per heavy atom. The summed E-state index contributed by atoms with van der Waals surface area (Å²) in [5, 5.41) is 13.2. The van der Waals surface area contributed by atoms with Crippen molar-refractivity contribution in [3.05, 3.63) is 90.0 Å². The first-order chi connectivity index (χ1) is 16.5. The Kier molecular flexibility index (Phi) is 4.59. The van der Waals surface area contributed by atoms with Crippen LogP contribution in [0.5, 0.6) is 5.75 Å². The predicted molar refractivity (Wildman–Crippen MR) is 141 cm³/mol. The van der Waals surface area contributed by atoms with Crippen LogP contribution < -0.4 is 4.90 Å². The number of aromatic hydroxyl groups is 1. The number of benzene rings is 4. The van der Waals surface area contributed by atoms with Crippen molar-refractivity contribution in [2.75, 3.05) is 18.5 Å². The quantitative estimate of drug-likeness (QED) is 0.283. The summed E-state index contributed by atoms with van der Waals surface area (Å²) in [5.41, 5.74) is 7.62. The van der Waals surface area contributed by atoms with E-state index in [4.69, 9.17) is 4.99 Å². The molecule has 2 aliphatic rings. The molecule has 4 aromatic rings. The summed E-state index contributed by atoms with van der Waals surface area (Å²) >= 11 is 0. The molecule has 2 aliphatic heterocycles. The summed E-state index contributed by atoms with van der Waals surface area (Å²) in [6, 6.07) is 27.1. The lowest BCUT2D eigenvalue weighted by atomic mass is 9.82. The minimum absolute atomic E-state index is 0.167. The maximum atomic E-state index is 11.2. The fourth-order valence-electron chi connectivity index (χ4n) is 5.63. The van der Waals surface area contributed by atoms with Crippen molar-refractivity contribution in [1.29, 1.82) is 0 Å². The summed E-state index contributed by atoms with van der Waals surface area (Å²) in [7, 11) is 2.08. The SMILES string of the molecule is C[N+]1=C(C=Nc2c(O)cc(N3CCc4ccccc43)c3ccccc23)C(C)(C)c2ccccc21. The molecule has 0 spiro atoms. The minimum Gasteiger partial charge on any atom is -0.506 e. The summed E-state index contributed by atoms with van der Waals surface area (Å²) in [5.74, 6) is 0.200. The Morgan fingerprint density at radius 2 is 1.62 bits per heavy atom. The Balaban J connectivity index is 1.47. The van der Waals surface area contributed by atoms with Crippen molar-refractivity contribution >= 4 is 45.4 Å².